The van der Waals surface area contributed by atoms with Gasteiger partial charge < -0.3 is 5.32 Å². The molecule has 1 aromatic carbocycles. The summed E-state index contributed by atoms with van der Waals surface area (Å²) in [6.45, 7) is 5.83. The molecule has 1 fully saturated rings. The Labute approximate surface area is 100 Å². The molecule has 0 bridgehead atoms. The number of nitrogens with one attached hydrogen (secondary N) is 1. The van der Waals surface area contributed by atoms with Gasteiger partial charge in [0.2, 0.25) is 0 Å². The molecule has 2 rings (SSSR count). The second-order valence-electron chi connectivity index (χ2n) is 4.26. The van der Waals surface area contributed by atoms with Crippen molar-refractivity contribution >= 4 is 11.6 Å². The zero-order chi connectivity index (χ0) is 11.5. The maximum Gasteiger partial charge on any atom is 0.123 e. The second-order valence-corrected chi connectivity index (χ2v) is 4.67. The first kappa shape index (κ1) is 11.8. The van der Waals surface area contributed by atoms with Crippen molar-refractivity contribution in [3.05, 3.63) is 34.6 Å². The summed E-state index contributed by atoms with van der Waals surface area (Å²) >= 11 is 6.05. The van der Waals surface area contributed by atoms with E-state index in [2.05, 4.69) is 17.1 Å². The standard InChI is InChI=1S/C12H16ClFN2/c1-9-7-15-4-5-16(9)8-10-6-11(14)2-3-12(10)13/h2-3,6,9,15H,4-5,7-8H2,1H3/t9-/m0/s1. The number of hydrogen-bond donors (Lipinski definition) is 1. The SMILES string of the molecule is C[C@H]1CNCCN1Cc1cc(F)ccc1Cl. The lowest BCUT2D eigenvalue weighted by molar-refractivity contribution is 0.165. The zero-order valence-corrected chi connectivity index (χ0v) is 10.1. The molecule has 0 amide bonds. The van der Waals surface area contributed by atoms with E-state index in [4.69, 9.17) is 11.6 Å². The molecule has 0 unspecified atom stereocenters. The van der Waals surface area contributed by atoms with Gasteiger partial charge in [0.1, 0.15) is 5.82 Å². The van der Waals surface area contributed by atoms with E-state index in [1.807, 2.05) is 0 Å². The van der Waals surface area contributed by atoms with E-state index in [1.54, 1.807) is 6.07 Å². The molecule has 1 N–H and O–H groups in total. The average Bonchev–Trinajstić information content (AvgIpc) is 2.27. The molecule has 0 aliphatic carbocycles. The van der Waals surface area contributed by atoms with Gasteiger partial charge in [-0.15, -0.1) is 0 Å². The first-order valence-electron chi connectivity index (χ1n) is 5.55. The van der Waals surface area contributed by atoms with Gasteiger partial charge in [-0.2, -0.15) is 0 Å². The van der Waals surface area contributed by atoms with Crippen LogP contribution in [-0.4, -0.2) is 30.6 Å². The Morgan fingerprint density at radius 3 is 3.12 bits per heavy atom. The quantitative estimate of drug-likeness (QED) is 0.856. The molecule has 1 atom stereocenters. The van der Waals surface area contributed by atoms with Crippen LogP contribution in [0.3, 0.4) is 0 Å². The Morgan fingerprint density at radius 2 is 2.38 bits per heavy atom. The van der Waals surface area contributed by atoms with E-state index >= 15 is 0 Å². The van der Waals surface area contributed by atoms with Gasteiger partial charge in [-0.05, 0) is 30.7 Å². The van der Waals surface area contributed by atoms with Gasteiger partial charge in [0.05, 0.1) is 0 Å². The fourth-order valence-corrected chi connectivity index (χ4v) is 2.18. The van der Waals surface area contributed by atoms with Crippen molar-refractivity contribution in [2.75, 3.05) is 19.6 Å². The Bertz CT molecular complexity index is 370. The third-order valence-electron chi connectivity index (χ3n) is 3.02. The summed E-state index contributed by atoms with van der Waals surface area (Å²) in [6, 6.07) is 5.01. The highest BCUT2D eigenvalue weighted by molar-refractivity contribution is 6.31. The summed E-state index contributed by atoms with van der Waals surface area (Å²) in [5, 5.41) is 3.97. The summed E-state index contributed by atoms with van der Waals surface area (Å²) in [5.74, 6) is -0.220. The molecular weight excluding hydrogens is 227 g/mol. The van der Waals surface area contributed by atoms with Gasteiger partial charge in [-0.1, -0.05) is 11.6 Å². The van der Waals surface area contributed by atoms with Crippen LogP contribution in [0.2, 0.25) is 5.02 Å². The van der Waals surface area contributed by atoms with Crippen molar-refractivity contribution in [1.82, 2.24) is 10.2 Å². The van der Waals surface area contributed by atoms with Gasteiger partial charge in [-0.3, -0.25) is 4.90 Å². The molecule has 16 heavy (non-hydrogen) atoms. The number of nitrogens with zero attached hydrogens (tertiary/aromatic N) is 1. The summed E-state index contributed by atoms with van der Waals surface area (Å²) in [5.41, 5.74) is 0.871. The number of rotatable bonds is 2. The normalized spacial score (nSPS) is 22.3. The van der Waals surface area contributed by atoms with E-state index in [1.165, 1.54) is 12.1 Å². The van der Waals surface area contributed by atoms with Crippen molar-refractivity contribution in [2.24, 2.45) is 0 Å². The molecule has 1 aliphatic heterocycles. The predicted molar refractivity (Wildman–Crippen MR) is 64.2 cm³/mol. The van der Waals surface area contributed by atoms with Crippen LogP contribution in [-0.2, 0) is 6.54 Å². The third kappa shape index (κ3) is 2.73. The van der Waals surface area contributed by atoms with Gasteiger partial charge in [0, 0.05) is 37.2 Å². The van der Waals surface area contributed by atoms with E-state index < -0.39 is 0 Å². The maximum absolute atomic E-state index is 13.1. The molecule has 1 aliphatic rings. The molecule has 0 radical (unpaired) electrons. The zero-order valence-electron chi connectivity index (χ0n) is 9.34. The van der Waals surface area contributed by atoms with Crippen molar-refractivity contribution in [2.45, 2.75) is 19.5 Å². The van der Waals surface area contributed by atoms with E-state index in [-0.39, 0.29) is 5.82 Å². The number of halogens is 2. The van der Waals surface area contributed by atoms with Crippen molar-refractivity contribution in [3.63, 3.8) is 0 Å². The fraction of sp³-hybridized carbons (Fsp3) is 0.500. The van der Waals surface area contributed by atoms with Gasteiger partial charge in [0.25, 0.3) is 0 Å². The van der Waals surface area contributed by atoms with Crippen LogP contribution >= 0.6 is 11.6 Å². The molecule has 2 nitrogen and oxygen atoms in total. The summed E-state index contributed by atoms with van der Waals surface area (Å²) < 4.78 is 13.1. The monoisotopic (exact) mass is 242 g/mol. The van der Waals surface area contributed by atoms with Gasteiger partial charge in [0.15, 0.2) is 0 Å². The third-order valence-corrected chi connectivity index (χ3v) is 3.39. The van der Waals surface area contributed by atoms with Crippen LogP contribution in [0.15, 0.2) is 18.2 Å². The maximum atomic E-state index is 13.1. The highest BCUT2D eigenvalue weighted by Crippen LogP contribution is 2.20. The minimum Gasteiger partial charge on any atom is -0.314 e. The average molecular weight is 243 g/mol. The number of piperazine rings is 1. The second kappa shape index (κ2) is 5.13. The van der Waals surface area contributed by atoms with Crippen LogP contribution < -0.4 is 5.32 Å². The summed E-state index contributed by atoms with van der Waals surface area (Å²) in [6.07, 6.45) is 0. The van der Waals surface area contributed by atoms with Crippen LogP contribution in [0.5, 0.6) is 0 Å². The van der Waals surface area contributed by atoms with Gasteiger partial charge in [-0.25, -0.2) is 4.39 Å². The smallest absolute Gasteiger partial charge is 0.123 e. The highest BCUT2D eigenvalue weighted by Gasteiger charge is 2.18. The largest absolute Gasteiger partial charge is 0.314 e. The predicted octanol–water partition coefficient (Wildman–Crippen LogP) is 2.27. The molecule has 0 aromatic heterocycles. The van der Waals surface area contributed by atoms with Crippen molar-refractivity contribution in [3.8, 4) is 0 Å². The van der Waals surface area contributed by atoms with E-state index in [9.17, 15) is 4.39 Å². The van der Waals surface area contributed by atoms with Gasteiger partial charge >= 0.3 is 0 Å². The first-order chi connectivity index (χ1) is 7.66. The molecule has 0 saturated carbocycles. The Kier molecular flexibility index (Phi) is 3.79. The van der Waals surface area contributed by atoms with E-state index in [0.717, 1.165) is 31.7 Å². The lowest BCUT2D eigenvalue weighted by Crippen LogP contribution is -2.49. The summed E-state index contributed by atoms with van der Waals surface area (Å²) in [7, 11) is 0. The molecular formula is C12H16ClFN2. The number of benzene rings is 1. The molecule has 88 valence electrons. The van der Waals surface area contributed by atoms with Crippen LogP contribution in [0, 0.1) is 5.82 Å². The minimum atomic E-state index is -0.220. The molecule has 0 spiro atoms. The fourth-order valence-electron chi connectivity index (χ4n) is 2.00. The van der Waals surface area contributed by atoms with E-state index in [0.29, 0.717) is 11.1 Å². The molecule has 4 heteroatoms. The van der Waals surface area contributed by atoms with Crippen LogP contribution in [0.4, 0.5) is 4.39 Å². The Hall–Kier alpha value is -0.640. The highest BCUT2D eigenvalue weighted by atomic mass is 35.5. The number of hydrogen-bond acceptors (Lipinski definition) is 2. The Morgan fingerprint density at radius 1 is 1.56 bits per heavy atom. The van der Waals surface area contributed by atoms with Crippen molar-refractivity contribution in [1.29, 1.82) is 0 Å². The lowest BCUT2D eigenvalue weighted by atomic mass is 10.1. The van der Waals surface area contributed by atoms with Crippen LogP contribution in [0.25, 0.3) is 0 Å². The lowest BCUT2D eigenvalue weighted by Gasteiger charge is -2.34. The summed E-state index contributed by atoms with van der Waals surface area (Å²) in [4.78, 5) is 2.32. The first-order valence-corrected chi connectivity index (χ1v) is 5.93. The minimum absolute atomic E-state index is 0.220. The molecule has 1 saturated heterocycles. The van der Waals surface area contributed by atoms with Crippen molar-refractivity contribution < 1.29 is 4.39 Å². The van der Waals surface area contributed by atoms with Crippen LogP contribution in [0.1, 0.15) is 12.5 Å². The topological polar surface area (TPSA) is 15.3 Å². The molecule has 1 heterocycles. The Balaban J connectivity index is 2.10. The molecule has 1 aromatic rings.